The first-order chi connectivity index (χ1) is 12.0. The van der Waals surface area contributed by atoms with E-state index in [1.165, 1.54) is 6.92 Å². The van der Waals surface area contributed by atoms with Crippen LogP contribution in [0.3, 0.4) is 0 Å². The molecule has 2 rings (SSSR count). The average Bonchev–Trinajstić information content (AvgIpc) is 2.61. The Kier molecular flexibility index (Phi) is 9.40. The molecule has 0 bridgehead atoms. The molecule has 26 heavy (non-hydrogen) atoms. The minimum Gasteiger partial charge on any atom is -0.491 e. The van der Waals surface area contributed by atoms with Crippen molar-refractivity contribution >= 4 is 24.3 Å². The van der Waals surface area contributed by atoms with Crippen LogP contribution < -0.4 is 4.74 Å². The van der Waals surface area contributed by atoms with Crippen LogP contribution in [-0.4, -0.2) is 78.8 Å². The molecule has 0 radical (unpaired) electrons. The van der Waals surface area contributed by atoms with Crippen molar-refractivity contribution in [1.82, 2.24) is 9.80 Å². The van der Waals surface area contributed by atoms with Crippen molar-refractivity contribution in [2.75, 3.05) is 45.9 Å². The monoisotopic (exact) mass is 386 g/mol. The van der Waals surface area contributed by atoms with Crippen LogP contribution in [0.4, 0.5) is 4.79 Å². The van der Waals surface area contributed by atoms with Gasteiger partial charge in [0.2, 0.25) is 0 Å². The van der Waals surface area contributed by atoms with Gasteiger partial charge in [-0.3, -0.25) is 9.69 Å². The fraction of sp³-hybridized carbons (Fsp3) is 0.556. The van der Waals surface area contributed by atoms with Gasteiger partial charge < -0.3 is 19.5 Å². The molecule has 0 aromatic heterocycles. The zero-order valence-corrected chi connectivity index (χ0v) is 16.0. The Hall–Kier alpha value is -1.83. The number of ketones is 1. The van der Waals surface area contributed by atoms with Crippen LogP contribution in [0.5, 0.6) is 5.75 Å². The number of β-amino-alcohol motifs (C(OH)–C–C–N with tert-alkyl or cyclic N) is 1. The highest BCUT2D eigenvalue weighted by molar-refractivity contribution is 5.94. The first kappa shape index (κ1) is 22.2. The third-order valence-corrected chi connectivity index (χ3v) is 4.07. The smallest absolute Gasteiger partial charge is 0.409 e. The van der Waals surface area contributed by atoms with Crippen LogP contribution in [0, 0.1) is 0 Å². The second-order valence-electron chi connectivity index (χ2n) is 6.03. The number of aliphatic hydroxyl groups excluding tert-OH is 1. The zero-order chi connectivity index (χ0) is 18.2. The highest BCUT2D eigenvalue weighted by Gasteiger charge is 2.23. The van der Waals surface area contributed by atoms with E-state index in [2.05, 4.69) is 4.90 Å². The van der Waals surface area contributed by atoms with Gasteiger partial charge in [0.15, 0.2) is 5.78 Å². The first-order valence-electron chi connectivity index (χ1n) is 8.55. The Morgan fingerprint density at radius 3 is 2.31 bits per heavy atom. The number of Topliss-reactive ketones (excluding diaryl/α,β-unsaturated/α-hetero) is 1. The van der Waals surface area contributed by atoms with Crippen LogP contribution in [0.25, 0.3) is 0 Å². The average molecular weight is 387 g/mol. The number of nitrogens with zero attached hydrogens (tertiary/aromatic N) is 2. The Morgan fingerprint density at radius 1 is 1.15 bits per heavy atom. The Balaban J connectivity index is 0.00000338. The normalized spacial score (nSPS) is 15.7. The van der Waals surface area contributed by atoms with Gasteiger partial charge >= 0.3 is 6.09 Å². The maximum atomic E-state index is 11.6. The maximum Gasteiger partial charge on any atom is 0.409 e. The van der Waals surface area contributed by atoms with Crippen LogP contribution in [0.15, 0.2) is 24.3 Å². The number of hydrogen-bond acceptors (Lipinski definition) is 6. The van der Waals surface area contributed by atoms with Crippen molar-refractivity contribution in [3.63, 3.8) is 0 Å². The summed E-state index contributed by atoms with van der Waals surface area (Å²) in [5.74, 6) is 0.629. The summed E-state index contributed by atoms with van der Waals surface area (Å²) >= 11 is 0. The summed E-state index contributed by atoms with van der Waals surface area (Å²) in [6.45, 7) is 6.94. The fourth-order valence-corrected chi connectivity index (χ4v) is 2.66. The number of carbonyl (C=O) groups excluding carboxylic acids is 2. The van der Waals surface area contributed by atoms with E-state index in [0.29, 0.717) is 50.6 Å². The van der Waals surface area contributed by atoms with Crippen LogP contribution in [0.1, 0.15) is 24.2 Å². The second kappa shape index (κ2) is 11.0. The zero-order valence-electron chi connectivity index (χ0n) is 15.2. The minimum absolute atomic E-state index is 0. The molecule has 1 heterocycles. The molecule has 1 N–H and O–H groups in total. The number of hydrogen-bond donors (Lipinski definition) is 1. The van der Waals surface area contributed by atoms with E-state index in [1.54, 1.807) is 36.1 Å². The second-order valence-corrected chi connectivity index (χ2v) is 6.03. The number of halogens is 1. The molecule has 8 heteroatoms. The van der Waals surface area contributed by atoms with E-state index in [4.69, 9.17) is 9.47 Å². The molecule has 1 aliphatic heterocycles. The van der Waals surface area contributed by atoms with E-state index in [1.807, 2.05) is 0 Å². The SMILES string of the molecule is CCOC(=O)N1CCN(CC(O)COc2ccc(C(C)=O)cc2)CC1.Cl. The predicted molar refractivity (Wildman–Crippen MR) is 100 cm³/mol. The van der Waals surface area contributed by atoms with Gasteiger partial charge in [0.05, 0.1) is 6.61 Å². The number of piperazine rings is 1. The highest BCUT2D eigenvalue weighted by atomic mass is 35.5. The van der Waals surface area contributed by atoms with Crippen molar-refractivity contribution in [3.05, 3.63) is 29.8 Å². The molecule has 1 unspecified atom stereocenters. The van der Waals surface area contributed by atoms with Gasteiger partial charge in [0.25, 0.3) is 0 Å². The molecule has 1 fully saturated rings. The molecule has 1 amide bonds. The standard InChI is InChI=1S/C18H26N2O5.ClH/c1-3-24-18(23)20-10-8-19(9-11-20)12-16(22)13-25-17-6-4-15(5-7-17)14(2)21;/h4-7,16,22H,3,8-13H2,1-2H3;1H. The van der Waals surface area contributed by atoms with Crippen molar-refractivity contribution < 1.29 is 24.2 Å². The molecule has 0 saturated carbocycles. The Labute approximate surface area is 160 Å². The van der Waals surface area contributed by atoms with Crippen molar-refractivity contribution in [1.29, 1.82) is 0 Å². The Bertz CT molecular complexity index is 573. The molecule has 0 spiro atoms. The lowest BCUT2D eigenvalue weighted by Gasteiger charge is -2.34. The van der Waals surface area contributed by atoms with E-state index in [0.717, 1.165) is 0 Å². The number of benzene rings is 1. The first-order valence-corrected chi connectivity index (χ1v) is 8.55. The lowest BCUT2D eigenvalue weighted by molar-refractivity contribution is 0.0407. The third-order valence-electron chi connectivity index (χ3n) is 4.07. The largest absolute Gasteiger partial charge is 0.491 e. The molecular weight excluding hydrogens is 360 g/mol. The summed E-state index contributed by atoms with van der Waals surface area (Å²) in [7, 11) is 0. The van der Waals surface area contributed by atoms with Gasteiger partial charge in [-0.1, -0.05) is 0 Å². The summed E-state index contributed by atoms with van der Waals surface area (Å²) in [6.07, 6.45) is -0.901. The number of aliphatic hydroxyl groups is 1. The lowest BCUT2D eigenvalue weighted by atomic mass is 10.1. The summed E-state index contributed by atoms with van der Waals surface area (Å²) in [6, 6.07) is 6.86. The number of ether oxygens (including phenoxy) is 2. The third kappa shape index (κ3) is 6.82. The van der Waals surface area contributed by atoms with Crippen molar-refractivity contribution in [2.24, 2.45) is 0 Å². The summed E-state index contributed by atoms with van der Waals surface area (Å²) in [5, 5.41) is 10.1. The van der Waals surface area contributed by atoms with E-state index in [9.17, 15) is 14.7 Å². The predicted octanol–water partition coefficient (Wildman–Crippen LogP) is 1.82. The summed E-state index contributed by atoms with van der Waals surface area (Å²) in [5.41, 5.74) is 0.632. The molecule has 1 aromatic rings. The quantitative estimate of drug-likeness (QED) is 0.720. The fourth-order valence-electron chi connectivity index (χ4n) is 2.66. The van der Waals surface area contributed by atoms with Crippen LogP contribution in [-0.2, 0) is 4.74 Å². The summed E-state index contributed by atoms with van der Waals surface area (Å²) in [4.78, 5) is 26.7. The van der Waals surface area contributed by atoms with E-state index in [-0.39, 0.29) is 30.9 Å². The number of amides is 1. The molecule has 1 aliphatic rings. The van der Waals surface area contributed by atoms with Crippen LogP contribution in [0.2, 0.25) is 0 Å². The van der Waals surface area contributed by atoms with Crippen molar-refractivity contribution in [3.8, 4) is 5.75 Å². The highest BCUT2D eigenvalue weighted by Crippen LogP contribution is 2.13. The Morgan fingerprint density at radius 2 is 1.77 bits per heavy atom. The van der Waals surface area contributed by atoms with Gasteiger partial charge in [-0.2, -0.15) is 0 Å². The summed E-state index contributed by atoms with van der Waals surface area (Å²) < 4.78 is 10.5. The molecule has 1 aromatic carbocycles. The molecule has 0 aliphatic carbocycles. The minimum atomic E-state index is -0.623. The molecule has 1 saturated heterocycles. The van der Waals surface area contributed by atoms with Gasteiger partial charge in [-0.25, -0.2) is 4.79 Å². The van der Waals surface area contributed by atoms with Gasteiger partial charge in [0, 0.05) is 38.3 Å². The maximum absolute atomic E-state index is 11.6. The molecule has 1 atom stereocenters. The van der Waals surface area contributed by atoms with E-state index < -0.39 is 6.10 Å². The number of carbonyl (C=O) groups is 2. The lowest BCUT2D eigenvalue weighted by Crippen LogP contribution is -2.51. The van der Waals surface area contributed by atoms with E-state index >= 15 is 0 Å². The van der Waals surface area contributed by atoms with Gasteiger partial charge in [0.1, 0.15) is 18.5 Å². The molecule has 7 nitrogen and oxygen atoms in total. The molecular formula is C18H27ClN2O5. The molecule has 146 valence electrons. The van der Waals surface area contributed by atoms with Gasteiger partial charge in [-0.05, 0) is 38.1 Å². The van der Waals surface area contributed by atoms with Crippen LogP contribution >= 0.6 is 12.4 Å². The topological polar surface area (TPSA) is 79.3 Å². The van der Waals surface area contributed by atoms with Crippen molar-refractivity contribution in [2.45, 2.75) is 20.0 Å². The van der Waals surface area contributed by atoms with Gasteiger partial charge in [-0.15, -0.1) is 12.4 Å². The number of rotatable bonds is 7.